The molecular formula is C27H20Cl2N2O4S2. The molecule has 0 radical (unpaired) electrons. The van der Waals surface area contributed by atoms with E-state index in [9.17, 15) is 9.59 Å². The summed E-state index contributed by atoms with van der Waals surface area (Å²) in [5, 5.41) is 1.04. The number of allylic oxidation sites excluding steroid dienone is 1. The maximum atomic E-state index is 13.7. The monoisotopic (exact) mass is 570 g/mol. The number of aromatic nitrogens is 1. The second kappa shape index (κ2) is 10.4. The number of ether oxygens (including phenoxy) is 1. The Morgan fingerprint density at radius 1 is 1.16 bits per heavy atom. The van der Waals surface area contributed by atoms with Gasteiger partial charge < -0.3 is 9.15 Å². The zero-order valence-electron chi connectivity index (χ0n) is 20.0. The number of hydrogen-bond donors (Lipinski definition) is 0. The van der Waals surface area contributed by atoms with Gasteiger partial charge in [0.05, 0.1) is 34.0 Å². The Labute approximate surface area is 230 Å². The maximum Gasteiger partial charge on any atom is 0.338 e. The molecule has 5 rings (SSSR count). The van der Waals surface area contributed by atoms with Crippen LogP contribution < -0.4 is 14.9 Å². The molecule has 1 atom stereocenters. The third-order valence-corrected chi connectivity index (χ3v) is 8.24. The molecular weight excluding hydrogens is 551 g/mol. The van der Waals surface area contributed by atoms with Crippen LogP contribution >= 0.6 is 46.3 Å². The number of thiazole rings is 1. The number of carbonyl (C=O) groups is 1. The van der Waals surface area contributed by atoms with Crippen molar-refractivity contribution in [3.63, 3.8) is 0 Å². The summed E-state index contributed by atoms with van der Waals surface area (Å²) in [4.78, 5) is 32.6. The lowest BCUT2D eigenvalue weighted by molar-refractivity contribution is -0.136. The first-order valence-electron chi connectivity index (χ1n) is 11.1. The molecule has 2 aromatic heterocycles. The first-order chi connectivity index (χ1) is 17.8. The maximum absolute atomic E-state index is 13.7. The van der Waals surface area contributed by atoms with Crippen LogP contribution in [0.4, 0.5) is 0 Å². The molecule has 2 aromatic carbocycles. The van der Waals surface area contributed by atoms with Crippen molar-refractivity contribution in [2.24, 2.45) is 4.99 Å². The standard InChI is InChI=1S/C27H20Cl2N2O4S2/c1-14-23(26(33)34-2)24(15-4-8-18(36-3)9-5-15)31-25(32)22(37-27(31)30-14)13-17-7-11-21(35-17)19-12-16(28)6-10-20(19)29/h4-13,24H,1-3H3/b22-13+/t24-/m0/s1. The molecule has 0 saturated heterocycles. The van der Waals surface area contributed by atoms with E-state index in [0.717, 1.165) is 10.5 Å². The molecule has 3 heterocycles. The number of fused-ring (bicyclic) bond motifs is 1. The number of rotatable bonds is 5. The van der Waals surface area contributed by atoms with Crippen molar-refractivity contribution in [1.29, 1.82) is 0 Å². The van der Waals surface area contributed by atoms with Crippen molar-refractivity contribution in [3.05, 3.63) is 107 Å². The topological polar surface area (TPSA) is 73.8 Å². The number of benzene rings is 2. The van der Waals surface area contributed by atoms with Gasteiger partial charge in [-0.1, -0.05) is 46.7 Å². The van der Waals surface area contributed by atoms with Crippen LogP contribution in [0.25, 0.3) is 17.4 Å². The first-order valence-corrected chi connectivity index (χ1v) is 13.9. The van der Waals surface area contributed by atoms with Gasteiger partial charge in [0.1, 0.15) is 11.5 Å². The van der Waals surface area contributed by atoms with Crippen molar-refractivity contribution in [2.75, 3.05) is 13.4 Å². The van der Waals surface area contributed by atoms with Gasteiger partial charge in [-0.2, -0.15) is 0 Å². The fraction of sp³-hybridized carbons (Fsp3) is 0.148. The molecule has 0 aliphatic carbocycles. The quantitative estimate of drug-likeness (QED) is 0.227. The van der Waals surface area contributed by atoms with Gasteiger partial charge in [-0.15, -0.1) is 11.8 Å². The van der Waals surface area contributed by atoms with Crippen molar-refractivity contribution < 1.29 is 13.9 Å². The lowest BCUT2D eigenvalue weighted by Gasteiger charge is -2.24. The molecule has 0 fully saturated rings. The molecule has 0 amide bonds. The van der Waals surface area contributed by atoms with Gasteiger partial charge in [-0.25, -0.2) is 9.79 Å². The average Bonchev–Trinajstić information content (AvgIpc) is 3.48. The number of esters is 1. The fourth-order valence-electron chi connectivity index (χ4n) is 4.18. The van der Waals surface area contributed by atoms with Gasteiger partial charge in [0, 0.05) is 21.6 Å². The third-order valence-electron chi connectivity index (χ3n) is 5.95. The predicted molar refractivity (Wildman–Crippen MR) is 148 cm³/mol. The molecule has 0 unspecified atom stereocenters. The van der Waals surface area contributed by atoms with Crippen LogP contribution in [0.1, 0.15) is 24.3 Å². The number of furan rings is 1. The highest BCUT2D eigenvalue weighted by Crippen LogP contribution is 2.33. The van der Waals surface area contributed by atoms with E-state index in [2.05, 4.69) is 4.99 Å². The van der Waals surface area contributed by atoms with Crippen molar-refractivity contribution in [2.45, 2.75) is 17.9 Å². The summed E-state index contributed by atoms with van der Waals surface area (Å²) >= 11 is 15.3. The van der Waals surface area contributed by atoms with Crippen LogP contribution in [0.3, 0.4) is 0 Å². The van der Waals surface area contributed by atoms with Gasteiger partial charge >= 0.3 is 5.97 Å². The SMILES string of the molecule is COC(=O)C1=C(C)N=c2s/c(=C/c3ccc(-c4cc(Cl)ccc4Cl)o3)c(=O)n2[C@H]1c1ccc(SC)cc1. The van der Waals surface area contributed by atoms with Crippen LogP contribution in [0.15, 0.2) is 85.0 Å². The molecule has 10 heteroatoms. The Morgan fingerprint density at radius 2 is 1.92 bits per heavy atom. The Balaban J connectivity index is 1.64. The largest absolute Gasteiger partial charge is 0.466 e. The van der Waals surface area contributed by atoms with Crippen LogP contribution in [0, 0.1) is 0 Å². The minimum absolute atomic E-state index is 0.282. The molecule has 0 bridgehead atoms. The number of thioether (sulfide) groups is 1. The Kier molecular flexibility index (Phi) is 7.18. The molecule has 188 valence electrons. The normalized spacial score (nSPS) is 15.5. The van der Waals surface area contributed by atoms with E-state index in [-0.39, 0.29) is 5.56 Å². The summed E-state index contributed by atoms with van der Waals surface area (Å²) in [6.45, 7) is 1.75. The summed E-state index contributed by atoms with van der Waals surface area (Å²) < 4.78 is 13.0. The Hall–Kier alpha value is -3.04. The van der Waals surface area contributed by atoms with Crippen LogP contribution in [-0.4, -0.2) is 23.9 Å². The molecule has 1 aliphatic heterocycles. The van der Waals surface area contributed by atoms with Crippen molar-refractivity contribution in [1.82, 2.24) is 4.57 Å². The second-order valence-electron chi connectivity index (χ2n) is 8.17. The number of nitrogens with zero attached hydrogens (tertiary/aromatic N) is 2. The third kappa shape index (κ3) is 4.82. The van der Waals surface area contributed by atoms with Gasteiger partial charge in [-0.05, 0) is 61.2 Å². The molecule has 0 spiro atoms. The first kappa shape index (κ1) is 25.6. The van der Waals surface area contributed by atoms with Gasteiger partial charge in [-0.3, -0.25) is 9.36 Å². The summed E-state index contributed by atoms with van der Waals surface area (Å²) in [7, 11) is 1.32. The van der Waals surface area contributed by atoms with E-state index >= 15 is 0 Å². The average molecular weight is 572 g/mol. The van der Waals surface area contributed by atoms with E-state index in [4.69, 9.17) is 32.4 Å². The van der Waals surface area contributed by atoms with E-state index in [1.54, 1.807) is 59.7 Å². The number of hydrogen-bond acceptors (Lipinski definition) is 7. The van der Waals surface area contributed by atoms with E-state index < -0.39 is 12.0 Å². The van der Waals surface area contributed by atoms with E-state index in [1.165, 1.54) is 18.4 Å². The highest BCUT2D eigenvalue weighted by molar-refractivity contribution is 7.98. The highest BCUT2D eigenvalue weighted by Gasteiger charge is 2.33. The molecule has 0 N–H and O–H groups in total. The minimum Gasteiger partial charge on any atom is -0.466 e. The molecule has 6 nitrogen and oxygen atoms in total. The Bertz CT molecular complexity index is 1730. The fourth-order valence-corrected chi connectivity index (χ4v) is 6.00. The van der Waals surface area contributed by atoms with Crippen LogP contribution in [0.5, 0.6) is 0 Å². The Morgan fingerprint density at radius 3 is 2.62 bits per heavy atom. The van der Waals surface area contributed by atoms with Crippen molar-refractivity contribution >= 4 is 58.3 Å². The summed E-state index contributed by atoms with van der Waals surface area (Å²) in [6, 6.07) is 15.8. The van der Waals surface area contributed by atoms with Gasteiger partial charge in [0.2, 0.25) is 0 Å². The minimum atomic E-state index is -0.667. The zero-order valence-corrected chi connectivity index (χ0v) is 23.1. The highest BCUT2D eigenvalue weighted by atomic mass is 35.5. The second-order valence-corrected chi connectivity index (χ2v) is 10.9. The molecule has 4 aromatic rings. The van der Waals surface area contributed by atoms with Crippen LogP contribution in [-0.2, 0) is 9.53 Å². The smallest absolute Gasteiger partial charge is 0.338 e. The summed E-state index contributed by atoms with van der Waals surface area (Å²) in [5.41, 5.74) is 2.00. The molecule has 37 heavy (non-hydrogen) atoms. The lowest BCUT2D eigenvalue weighted by Crippen LogP contribution is -2.39. The lowest BCUT2D eigenvalue weighted by atomic mass is 9.96. The molecule has 1 aliphatic rings. The number of carbonyl (C=O) groups excluding carboxylic acids is 1. The van der Waals surface area contributed by atoms with Gasteiger partial charge in [0.15, 0.2) is 4.80 Å². The number of halogens is 2. The zero-order chi connectivity index (χ0) is 26.3. The van der Waals surface area contributed by atoms with E-state index in [1.807, 2.05) is 30.5 Å². The molecule has 0 saturated carbocycles. The number of methoxy groups -OCH3 is 1. The summed E-state index contributed by atoms with van der Waals surface area (Å²) in [5.74, 6) is 0.478. The van der Waals surface area contributed by atoms with Gasteiger partial charge in [0.25, 0.3) is 5.56 Å². The van der Waals surface area contributed by atoms with Crippen LogP contribution in [0.2, 0.25) is 10.0 Å². The van der Waals surface area contributed by atoms with Crippen molar-refractivity contribution in [3.8, 4) is 11.3 Å². The summed E-state index contributed by atoms with van der Waals surface area (Å²) in [6.07, 6.45) is 3.65. The van der Waals surface area contributed by atoms with E-state index in [0.29, 0.717) is 47.7 Å². The predicted octanol–water partition coefficient (Wildman–Crippen LogP) is 5.70.